The molecule has 1 unspecified atom stereocenters. The van der Waals surface area contributed by atoms with Crippen molar-refractivity contribution in [1.29, 1.82) is 0 Å². The van der Waals surface area contributed by atoms with Crippen LogP contribution in [0.1, 0.15) is 31.5 Å². The van der Waals surface area contributed by atoms with Gasteiger partial charge in [-0.1, -0.05) is 6.92 Å². The van der Waals surface area contributed by atoms with Gasteiger partial charge in [-0.15, -0.1) is 0 Å². The Kier molecular flexibility index (Phi) is 2.77. The van der Waals surface area contributed by atoms with Gasteiger partial charge >= 0.3 is 0 Å². The van der Waals surface area contributed by atoms with Crippen molar-refractivity contribution in [2.45, 2.75) is 32.2 Å². The molecule has 2 heterocycles. The number of nitrogen functional groups attached to an aromatic ring is 1. The zero-order valence-corrected chi connectivity index (χ0v) is 10.7. The lowest BCUT2D eigenvalue weighted by Crippen LogP contribution is -2.15. The molecule has 0 saturated heterocycles. The normalized spacial score (nSPS) is 18.4. The Labute approximate surface area is 110 Å². The monoisotopic (exact) mass is 263 g/mol. The molecule has 0 fully saturated rings. The van der Waals surface area contributed by atoms with Gasteiger partial charge in [-0.25, -0.2) is 13.8 Å². The summed E-state index contributed by atoms with van der Waals surface area (Å²) >= 11 is 0. The van der Waals surface area contributed by atoms with Gasteiger partial charge in [0, 0.05) is 24.1 Å². The summed E-state index contributed by atoms with van der Waals surface area (Å²) in [6.07, 6.45) is 2.11. The lowest BCUT2D eigenvalue weighted by molar-refractivity contribution is 0.467. The van der Waals surface area contributed by atoms with E-state index in [4.69, 9.17) is 5.73 Å². The summed E-state index contributed by atoms with van der Waals surface area (Å²) in [5.74, 6) is 0.486. The van der Waals surface area contributed by atoms with Crippen molar-refractivity contribution in [3.63, 3.8) is 0 Å². The van der Waals surface area contributed by atoms with E-state index in [1.165, 1.54) is 12.1 Å². The first-order valence-corrected chi connectivity index (χ1v) is 6.38. The molecule has 0 amide bonds. The number of rotatable bonds is 1. The summed E-state index contributed by atoms with van der Waals surface area (Å²) in [6.45, 7) is 2.91. The molecule has 1 atom stereocenters. The first kappa shape index (κ1) is 12.1. The lowest BCUT2D eigenvalue weighted by atomic mass is 10.0. The van der Waals surface area contributed by atoms with Gasteiger partial charge in [-0.3, -0.25) is 0 Å². The summed E-state index contributed by atoms with van der Waals surface area (Å²) in [6, 6.07) is 3.37. The summed E-state index contributed by atoms with van der Waals surface area (Å²) in [4.78, 5) is 4.49. The highest BCUT2D eigenvalue weighted by molar-refractivity contribution is 5.71. The van der Waals surface area contributed by atoms with Crippen LogP contribution in [-0.4, -0.2) is 9.55 Å². The quantitative estimate of drug-likeness (QED) is 0.857. The van der Waals surface area contributed by atoms with Crippen molar-refractivity contribution in [1.82, 2.24) is 9.55 Å². The van der Waals surface area contributed by atoms with Crippen LogP contribution in [0.5, 0.6) is 0 Å². The molecule has 19 heavy (non-hydrogen) atoms. The van der Waals surface area contributed by atoms with E-state index in [0.29, 0.717) is 23.0 Å². The molecule has 1 aromatic carbocycles. The van der Waals surface area contributed by atoms with Crippen molar-refractivity contribution in [2.24, 2.45) is 0 Å². The van der Waals surface area contributed by atoms with Gasteiger partial charge in [0.05, 0.1) is 0 Å². The maximum Gasteiger partial charge on any atom is 0.131 e. The molecule has 0 saturated carbocycles. The van der Waals surface area contributed by atoms with E-state index in [9.17, 15) is 8.78 Å². The van der Waals surface area contributed by atoms with Crippen LogP contribution in [0.15, 0.2) is 18.2 Å². The third-order valence-electron chi connectivity index (χ3n) is 3.63. The fourth-order valence-electron chi connectivity index (χ4n) is 2.68. The first-order valence-electron chi connectivity index (χ1n) is 6.38. The fraction of sp³-hybridized carbons (Fsp3) is 0.357. The molecule has 5 heteroatoms. The molecule has 3 nitrogen and oxygen atoms in total. The predicted octanol–water partition coefficient (Wildman–Crippen LogP) is 3.31. The third kappa shape index (κ3) is 1.99. The van der Waals surface area contributed by atoms with Crippen LogP contribution >= 0.6 is 0 Å². The Bertz CT molecular complexity index is 614. The average molecular weight is 263 g/mol. The number of aromatic nitrogens is 2. The number of anilines is 1. The number of nitrogens with two attached hydrogens (primary N) is 1. The van der Waals surface area contributed by atoms with Crippen LogP contribution in [0.25, 0.3) is 11.3 Å². The molecule has 0 spiro atoms. The van der Waals surface area contributed by atoms with Gasteiger partial charge in [0.25, 0.3) is 0 Å². The van der Waals surface area contributed by atoms with Crippen LogP contribution < -0.4 is 5.73 Å². The van der Waals surface area contributed by atoms with E-state index in [1.54, 1.807) is 0 Å². The Morgan fingerprint density at radius 2 is 1.95 bits per heavy atom. The molecule has 2 aromatic rings. The summed E-state index contributed by atoms with van der Waals surface area (Å²) in [5.41, 5.74) is 6.94. The number of imidazole rings is 1. The minimum atomic E-state index is -0.617. The van der Waals surface area contributed by atoms with Gasteiger partial charge < -0.3 is 10.3 Å². The molecule has 3 rings (SSSR count). The number of hydrogen-bond acceptors (Lipinski definition) is 2. The molecular formula is C14H15F2N3. The molecular weight excluding hydrogens is 248 g/mol. The molecule has 1 aliphatic rings. The van der Waals surface area contributed by atoms with Crippen LogP contribution in [0.3, 0.4) is 0 Å². The van der Waals surface area contributed by atoms with Crippen LogP contribution in [0.2, 0.25) is 0 Å². The minimum Gasteiger partial charge on any atom is -0.383 e. The van der Waals surface area contributed by atoms with Crippen LogP contribution in [0, 0.1) is 11.6 Å². The average Bonchev–Trinajstić information content (AvgIpc) is 2.68. The third-order valence-corrected chi connectivity index (χ3v) is 3.63. The number of benzene rings is 1. The van der Waals surface area contributed by atoms with E-state index >= 15 is 0 Å². The largest absolute Gasteiger partial charge is 0.383 e. The summed E-state index contributed by atoms with van der Waals surface area (Å²) in [7, 11) is 0. The molecule has 0 aliphatic carbocycles. The number of fused-ring (bicyclic) bond motifs is 1. The molecule has 1 aromatic heterocycles. The molecule has 0 bridgehead atoms. The summed E-state index contributed by atoms with van der Waals surface area (Å²) < 4.78 is 28.5. The second kappa shape index (κ2) is 4.33. The van der Waals surface area contributed by atoms with E-state index in [-0.39, 0.29) is 0 Å². The lowest BCUT2D eigenvalue weighted by Gasteiger charge is -2.20. The van der Waals surface area contributed by atoms with Gasteiger partial charge in [0.15, 0.2) is 0 Å². The van der Waals surface area contributed by atoms with Crippen molar-refractivity contribution < 1.29 is 8.78 Å². The SMILES string of the molecule is CC1CCCn2c1nc(-c1cc(F)cc(F)c1)c2N. The highest BCUT2D eigenvalue weighted by Crippen LogP contribution is 2.34. The maximum absolute atomic E-state index is 13.3. The van der Waals surface area contributed by atoms with Gasteiger partial charge in [-0.2, -0.15) is 0 Å². The van der Waals surface area contributed by atoms with Gasteiger partial charge in [0.2, 0.25) is 0 Å². The number of hydrogen-bond donors (Lipinski definition) is 1. The second-order valence-electron chi connectivity index (χ2n) is 5.06. The Morgan fingerprint density at radius 3 is 2.58 bits per heavy atom. The smallest absolute Gasteiger partial charge is 0.131 e. The van der Waals surface area contributed by atoms with E-state index in [2.05, 4.69) is 11.9 Å². The highest BCUT2D eigenvalue weighted by Gasteiger charge is 2.24. The minimum absolute atomic E-state index is 0.322. The fourth-order valence-corrected chi connectivity index (χ4v) is 2.68. The van der Waals surface area contributed by atoms with Crippen molar-refractivity contribution in [3.8, 4) is 11.3 Å². The molecule has 2 N–H and O–H groups in total. The summed E-state index contributed by atoms with van der Waals surface area (Å²) in [5, 5.41) is 0. The van der Waals surface area contributed by atoms with E-state index < -0.39 is 11.6 Å². The Hall–Kier alpha value is -1.91. The highest BCUT2D eigenvalue weighted by atomic mass is 19.1. The van der Waals surface area contributed by atoms with Crippen molar-refractivity contribution >= 4 is 5.82 Å². The number of nitrogens with zero attached hydrogens (tertiary/aromatic N) is 2. The Morgan fingerprint density at radius 1 is 1.26 bits per heavy atom. The predicted molar refractivity (Wildman–Crippen MR) is 69.6 cm³/mol. The molecule has 100 valence electrons. The van der Waals surface area contributed by atoms with Crippen LogP contribution in [0.4, 0.5) is 14.6 Å². The van der Waals surface area contributed by atoms with E-state index in [1.807, 2.05) is 4.57 Å². The zero-order valence-electron chi connectivity index (χ0n) is 10.7. The number of halogens is 2. The zero-order chi connectivity index (χ0) is 13.6. The molecule has 0 radical (unpaired) electrons. The Balaban J connectivity index is 2.15. The topological polar surface area (TPSA) is 43.8 Å². The van der Waals surface area contributed by atoms with Crippen molar-refractivity contribution in [2.75, 3.05) is 5.73 Å². The van der Waals surface area contributed by atoms with Crippen molar-refractivity contribution in [3.05, 3.63) is 35.7 Å². The van der Waals surface area contributed by atoms with Gasteiger partial charge in [0.1, 0.15) is 29.0 Å². The first-order chi connectivity index (χ1) is 9.06. The second-order valence-corrected chi connectivity index (χ2v) is 5.06. The maximum atomic E-state index is 13.3. The van der Waals surface area contributed by atoms with Gasteiger partial charge in [-0.05, 0) is 25.0 Å². The standard InChI is InChI=1S/C14H15F2N3/c1-8-3-2-4-19-13(17)12(18-14(8)19)9-5-10(15)7-11(16)6-9/h5-8H,2-4,17H2,1H3. The van der Waals surface area contributed by atoms with E-state index in [0.717, 1.165) is 31.3 Å². The van der Waals surface area contributed by atoms with Crippen LogP contribution in [-0.2, 0) is 6.54 Å². The molecule has 1 aliphatic heterocycles.